The molecular weight excluding hydrogens is 400 g/mol. The highest BCUT2D eigenvalue weighted by atomic mass is 32.1. The maximum Gasteiger partial charge on any atom is 0.273 e. The molecule has 2 aromatic rings. The second-order valence-electron chi connectivity index (χ2n) is 8.84. The summed E-state index contributed by atoms with van der Waals surface area (Å²) in [6, 6.07) is 5.34. The number of thiazole rings is 1. The van der Waals surface area contributed by atoms with Crippen molar-refractivity contribution < 1.29 is 13.9 Å². The lowest BCUT2D eigenvalue weighted by Crippen LogP contribution is -2.58. The van der Waals surface area contributed by atoms with E-state index in [4.69, 9.17) is 4.74 Å². The van der Waals surface area contributed by atoms with Gasteiger partial charge in [0.15, 0.2) is 0 Å². The van der Waals surface area contributed by atoms with E-state index in [1.165, 1.54) is 0 Å². The molecule has 2 aliphatic heterocycles. The van der Waals surface area contributed by atoms with E-state index in [9.17, 15) is 9.18 Å². The summed E-state index contributed by atoms with van der Waals surface area (Å²) in [6.07, 6.45) is 1.79. The number of carbonyl (C=O) groups excluding carboxylic acids is 1. The van der Waals surface area contributed by atoms with Gasteiger partial charge in [-0.05, 0) is 24.5 Å². The third-order valence-electron chi connectivity index (χ3n) is 6.17. The van der Waals surface area contributed by atoms with Gasteiger partial charge < -0.3 is 9.64 Å². The lowest BCUT2D eigenvalue weighted by atomic mass is 9.88. The van der Waals surface area contributed by atoms with Gasteiger partial charge in [-0.3, -0.25) is 9.69 Å². The van der Waals surface area contributed by atoms with Crippen molar-refractivity contribution in [2.24, 2.45) is 0 Å². The summed E-state index contributed by atoms with van der Waals surface area (Å²) in [4.78, 5) is 21.8. The minimum Gasteiger partial charge on any atom is -0.371 e. The first kappa shape index (κ1) is 21.5. The lowest BCUT2D eigenvalue weighted by molar-refractivity contribution is -0.128. The maximum atomic E-state index is 13.5. The lowest BCUT2D eigenvalue weighted by Gasteiger charge is -2.47. The van der Waals surface area contributed by atoms with Crippen LogP contribution in [0, 0.1) is 5.82 Å². The van der Waals surface area contributed by atoms with Crippen molar-refractivity contribution in [2.45, 2.75) is 44.8 Å². The number of likely N-dealkylation sites (tertiary alicyclic amines) is 1. The van der Waals surface area contributed by atoms with Gasteiger partial charge in [-0.2, -0.15) is 0 Å². The number of hydrogen-bond acceptors (Lipinski definition) is 5. The highest BCUT2D eigenvalue weighted by Crippen LogP contribution is 2.31. The highest BCUT2D eigenvalue weighted by Gasteiger charge is 2.41. The monoisotopic (exact) mass is 429 g/mol. The van der Waals surface area contributed by atoms with E-state index < -0.39 is 0 Å². The van der Waals surface area contributed by atoms with Crippen LogP contribution in [-0.4, -0.2) is 66.9 Å². The Morgan fingerprint density at radius 2 is 2.10 bits per heavy atom. The number of ether oxygens (including phenoxy) is 1. The average Bonchev–Trinajstić information content (AvgIpc) is 3.23. The summed E-state index contributed by atoms with van der Waals surface area (Å²) in [5.74, 6) is 0.198. The van der Waals surface area contributed by atoms with Crippen LogP contribution < -0.4 is 5.46 Å². The second-order valence-corrected chi connectivity index (χ2v) is 9.73. The molecule has 1 amide bonds. The highest BCUT2D eigenvalue weighted by molar-refractivity contribution is 7.09. The molecule has 2 aliphatic rings. The molecule has 0 aliphatic carbocycles. The molecule has 8 heteroatoms. The normalized spacial score (nSPS) is 19.5. The van der Waals surface area contributed by atoms with Gasteiger partial charge in [0, 0.05) is 37.5 Å². The zero-order chi connectivity index (χ0) is 21.3. The fraction of sp³-hybridized carbons (Fsp3) is 0.545. The van der Waals surface area contributed by atoms with Gasteiger partial charge in [0.05, 0.1) is 23.8 Å². The van der Waals surface area contributed by atoms with Crippen LogP contribution >= 0.6 is 11.3 Å². The van der Waals surface area contributed by atoms with Crippen molar-refractivity contribution in [3.8, 4) is 0 Å². The second kappa shape index (κ2) is 8.77. The van der Waals surface area contributed by atoms with Crippen molar-refractivity contribution in [2.75, 3.05) is 32.8 Å². The predicted octanol–water partition coefficient (Wildman–Crippen LogP) is 2.17. The number of nitrogens with zero attached hydrogens (tertiary/aromatic N) is 3. The van der Waals surface area contributed by atoms with Gasteiger partial charge in [0.25, 0.3) is 5.91 Å². The van der Waals surface area contributed by atoms with Gasteiger partial charge in [0.1, 0.15) is 19.4 Å². The molecule has 0 atom stereocenters. The fourth-order valence-electron chi connectivity index (χ4n) is 4.32. The zero-order valence-corrected chi connectivity index (χ0v) is 18.8. The van der Waals surface area contributed by atoms with E-state index in [1.807, 2.05) is 22.4 Å². The maximum absolute atomic E-state index is 13.5. The van der Waals surface area contributed by atoms with E-state index in [0.717, 1.165) is 43.0 Å². The standard InChI is InChI=1S/C22H29BFN3O2S/c1-15(2)20-25-19(13-30-20)21(28)27-9-10-29-22(14-27)5-7-26(8-6-22)12-16-3-4-18(24)17(23)11-16/h3-4,11,13,15H,5-10,12,14,23H2,1-2H3. The van der Waals surface area contributed by atoms with Crippen molar-refractivity contribution >= 4 is 30.6 Å². The Balaban J connectivity index is 1.36. The number of benzene rings is 1. The molecule has 0 radical (unpaired) electrons. The molecular formula is C22H29BFN3O2S. The van der Waals surface area contributed by atoms with Crippen LogP contribution in [0.25, 0.3) is 0 Å². The van der Waals surface area contributed by atoms with Gasteiger partial charge in [0.2, 0.25) is 0 Å². The Labute approximate surface area is 182 Å². The fourth-order valence-corrected chi connectivity index (χ4v) is 5.12. The number of rotatable bonds is 4. The van der Waals surface area contributed by atoms with E-state index in [1.54, 1.807) is 25.2 Å². The quantitative estimate of drug-likeness (QED) is 0.700. The molecule has 0 bridgehead atoms. The average molecular weight is 429 g/mol. The Morgan fingerprint density at radius 3 is 2.77 bits per heavy atom. The molecule has 160 valence electrons. The molecule has 1 aromatic carbocycles. The smallest absolute Gasteiger partial charge is 0.273 e. The van der Waals surface area contributed by atoms with Crippen molar-refractivity contribution in [3.05, 3.63) is 45.7 Å². The molecule has 1 spiro atoms. The number of piperidine rings is 1. The largest absolute Gasteiger partial charge is 0.371 e. The van der Waals surface area contributed by atoms with E-state index in [2.05, 4.69) is 23.7 Å². The molecule has 0 unspecified atom stereocenters. The summed E-state index contributed by atoms with van der Waals surface area (Å²) in [6.45, 7) is 8.65. The molecule has 2 fully saturated rings. The minimum absolute atomic E-state index is 0.0186. The van der Waals surface area contributed by atoms with E-state index in [-0.39, 0.29) is 17.3 Å². The first-order valence-electron chi connectivity index (χ1n) is 10.7. The topological polar surface area (TPSA) is 45.7 Å². The van der Waals surface area contributed by atoms with Crippen LogP contribution in [-0.2, 0) is 11.3 Å². The Hall–Kier alpha value is -1.77. The molecule has 1 aromatic heterocycles. The number of halogens is 1. The molecule has 2 saturated heterocycles. The van der Waals surface area contributed by atoms with E-state index in [0.29, 0.717) is 36.8 Å². The van der Waals surface area contributed by atoms with Gasteiger partial charge in [-0.25, -0.2) is 9.37 Å². The first-order valence-corrected chi connectivity index (χ1v) is 11.6. The SMILES string of the molecule is Bc1cc(CN2CCC3(CC2)CN(C(=O)c2csc(C(C)C)n2)CCO3)ccc1F. The van der Waals surface area contributed by atoms with Crippen LogP contribution in [0.5, 0.6) is 0 Å². The van der Waals surface area contributed by atoms with Gasteiger partial charge in [-0.15, -0.1) is 11.3 Å². The van der Waals surface area contributed by atoms with Crippen LogP contribution in [0.1, 0.15) is 53.7 Å². The zero-order valence-electron chi connectivity index (χ0n) is 18.0. The number of hydrogen-bond donors (Lipinski definition) is 0. The Morgan fingerprint density at radius 1 is 1.33 bits per heavy atom. The van der Waals surface area contributed by atoms with Crippen LogP contribution in [0.2, 0.25) is 0 Å². The molecule has 0 saturated carbocycles. The van der Waals surface area contributed by atoms with Crippen molar-refractivity contribution in [3.63, 3.8) is 0 Å². The van der Waals surface area contributed by atoms with Gasteiger partial charge >= 0.3 is 0 Å². The third kappa shape index (κ3) is 4.60. The van der Waals surface area contributed by atoms with Crippen LogP contribution in [0.4, 0.5) is 4.39 Å². The minimum atomic E-state index is -0.264. The molecule has 30 heavy (non-hydrogen) atoms. The van der Waals surface area contributed by atoms with E-state index >= 15 is 0 Å². The first-order chi connectivity index (χ1) is 14.3. The summed E-state index contributed by atoms with van der Waals surface area (Å²) in [7, 11) is 1.80. The van der Waals surface area contributed by atoms with Gasteiger partial charge in [-0.1, -0.05) is 31.4 Å². The number of morpholine rings is 1. The number of carbonyl (C=O) groups is 1. The summed E-state index contributed by atoms with van der Waals surface area (Å²) < 4.78 is 19.7. The van der Waals surface area contributed by atoms with Crippen molar-refractivity contribution in [1.82, 2.24) is 14.8 Å². The summed E-state index contributed by atoms with van der Waals surface area (Å²) in [5.41, 5.74) is 2.12. The van der Waals surface area contributed by atoms with Crippen molar-refractivity contribution in [1.29, 1.82) is 0 Å². The molecule has 0 N–H and O–H groups in total. The third-order valence-corrected chi connectivity index (χ3v) is 7.31. The summed E-state index contributed by atoms with van der Waals surface area (Å²) in [5, 5.41) is 2.89. The van der Waals surface area contributed by atoms with Crippen LogP contribution in [0.3, 0.4) is 0 Å². The molecule has 5 nitrogen and oxygen atoms in total. The Kier molecular flexibility index (Phi) is 6.27. The summed E-state index contributed by atoms with van der Waals surface area (Å²) >= 11 is 1.56. The number of amides is 1. The van der Waals surface area contributed by atoms with Crippen LogP contribution in [0.15, 0.2) is 23.6 Å². The molecule has 3 heterocycles. The predicted molar refractivity (Wildman–Crippen MR) is 120 cm³/mol. The number of aromatic nitrogens is 1. The molecule has 4 rings (SSSR count). The Bertz CT molecular complexity index is 912.